The van der Waals surface area contributed by atoms with Crippen LogP contribution >= 0.6 is 0 Å². The summed E-state index contributed by atoms with van der Waals surface area (Å²) in [6.07, 6.45) is 1.30. The highest BCUT2D eigenvalue weighted by molar-refractivity contribution is 5.88. The van der Waals surface area contributed by atoms with E-state index in [9.17, 15) is 9.90 Å². The number of hydrogen-bond acceptors (Lipinski definition) is 3. The normalized spacial score (nSPS) is 17.6. The molecule has 2 aromatic rings. The molecule has 1 fully saturated rings. The molecule has 1 heterocycles. The summed E-state index contributed by atoms with van der Waals surface area (Å²) in [7, 11) is 0. The maximum atomic E-state index is 13.0. The van der Waals surface area contributed by atoms with Gasteiger partial charge in [-0.15, -0.1) is 0 Å². The number of amides is 1. The minimum atomic E-state index is -0.566. The molecule has 25 heavy (non-hydrogen) atoms. The Balaban J connectivity index is 1.63. The van der Waals surface area contributed by atoms with Crippen LogP contribution in [-0.4, -0.2) is 30.8 Å². The van der Waals surface area contributed by atoms with Crippen molar-refractivity contribution < 1.29 is 14.6 Å². The molecule has 1 atom stereocenters. The summed E-state index contributed by atoms with van der Waals surface area (Å²) in [5.41, 5.74) is 1.39. The first-order chi connectivity index (χ1) is 12.2. The zero-order valence-corrected chi connectivity index (χ0v) is 14.4. The summed E-state index contributed by atoms with van der Waals surface area (Å²) in [6.45, 7) is 1.63. The van der Waals surface area contributed by atoms with Crippen LogP contribution in [0.5, 0.6) is 0 Å². The van der Waals surface area contributed by atoms with Crippen molar-refractivity contribution in [3.8, 4) is 0 Å². The highest BCUT2D eigenvalue weighted by atomic mass is 16.5. The molecule has 1 saturated heterocycles. The molecule has 0 saturated carbocycles. The van der Waals surface area contributed by atoms with Gasteiger partial charge in [-0.3, -0.25) is 4.79 Å². The molecule has 0 bridgehead atoms. The van der Waals surface area contributed by atoms with E-state index in [2.05, 4.69) is 5.32 Å². The Morgan fingerprint density at radius 1 is 1.04 bits per heavy atom. The van der Waals surface area contributed by atoms with E-state index < -0.39 is 11.5 Å². The van der Waals surface area contributed by atoms with Crippen LogP contribution in [-0.2, 0) is 14.9 Å². The Hall–Kier alpha value is -2.17. The van der Waals surface area contributed by atoms with Gasteiger partial charge in [0.1, 0.15) is 0 Å². The number of hydrogen-bond donors (Lipinski definition) is 2. The topological polar surface area (TPSA) is 58.6 Å². The average molecular weight is 339 g/mol. The Bertz CT molecular complexity index is 666. The molecule has 0 unspecified atom stereocenters. The molecule has 132 valence electrons. The minimum Gasteiger partial charge on any atom is -0.388 e. The van der Waals surface area contributed by atoms with Crippen LogP contribution in [0.25, 0.3) is 0 Å². The molecule has 4 nitrogen and oxygen atoms in total. The number of ether oxygens (including phenoxy) is 1. The molecule has 0 aliphatic carbocycles. The summed E-state index contributed by atoms with van der Waals surface area (Å²) >= 11 is 0. The Morgan fingerprint density at radius 2 is 1.64 bits per heavy atom. The zero-order valence-electron chi connectivity index (χ0n) is 14.4. The maximum absolute atomic E-state index is 13.0. The van der Waals surface area contributed by atoms with E-state index in [4.69, 9.17) is 4.74 Å². The number of carbonyl (C=O) groups excluding carboxylic acids is 1. The van der Waals surface area contributed by atoms with Crippen LogP contribution < -0.4 is 5.32 Å². The summed E-state index contributed by atoms with van der Waals surface area (Å²) in [5, 5.41) is 13.3. The Kier molecular flexibility index (Phi) is 5.84. The first kappa shape index (κ1) is 17.6. The fourth-order valence-electron chi connectivity index (χ4n) is 3.46. The van der Waals surface area contributed by atoms with Crippen molar-refractivity contribution in [2.45, 2.75) is 30.8 Å². The second kappa shape index (κ2) is 8.28. The van der Waals surface area contributed by atoms with Gasteiger partial charge in [0, 0.05) is 19.8 Å². The third kappa shape index (κ3) is 4.09. The summed E-state index contributed by atoms with van der Waals surface area (Å²) < 4.78 is 5.48. The van der Waals surface area contributed by atoms with Gasteiger partial charge in [-0.1, -0.05) is 60.7 Å². The zero-order chi connectivity index (χ0) is 17.5. The molecule has 1 aliphatic heterocycles. The van der Waals surface area contributed by atoms with E-state index in [0.717, 1.165) is 11.1 Å². The van der Waals surface area contributed by atoms with Crippen LogP contribution in [0.2, 0.25) is 0 Å². The van der Waals surface area contributed by atoms with Gasteiger partial charge in [0.25, 0.3) is 0 Å². The second-order valence-electron chi connectivity index (χ2n) is 6.53. The molecule has 3 rings (SSSR count). The number of benzene rings is 2. The SMILES string of the molecule is O=C(NCC[C@@H](O)c1ccccc1)C1(c2ccccc2)CCOCC1. The molecular formula is C21H25NO3. The first-order valence-corrected chi connectivity index (χ1v) is 8.87. The lowest BCUT2D eigenvalue weighted by Crippen LogP contribution is -2.48. The standard InChI is InChI=1S/C21H25NO3/c23-19(17-7-3-1-4-8-17)11-14-22-20(24)21(12-15-25-16-13-21)18-9-5-2-6-10-18/h1-10,19,23H,11-16H2,(H,22,24)/t19-/m1/s1. The van der Waals surface area contributed by atoms with Crippen molar-refractivity contribution in [1.82, 2.24) is 5.32 Å². The van der Waals surface area contributed by atoms with Crippen LogP contribution in [0.15, 0.2) is 60.7 Å². The summed E-state index contributed by atoms with van der Waals surface area (Å²) in [6, 6.07) is 19.5. The summed E-state index contributed by atoms with van der Waals surface area (Å²) in [4.78, 5) is 13.0. The first-order valence-electron chi connectivity index (χ1n) is 8.87. The molecule has 2 aromatic carbocycles. The van der Waals surface area contributed by atoms with Gasteiger partial charge in [0.05, 0.1) is 11.5 Å². The monoisotopic (exact) mass is 339 g/mol. The van der Waals surface area contributed by atoms with E-state index in [1.54, 1.807) is 0 Å². The predicted octanol–water partition coefficient (Wildman–Crippen LogP) is 2.97. The van der Waals surface area contributed by atoms with Gasteiger partial charge in [-0.2, -0.15) is 0 Å². The van der Waals surface area contributed by atoms with E-state index in [0.29, 0.717) is 39.0 Å². The number of aliphatic hydroxyl groups excluding tert-OH is 1. The minimum absolute atomic E-state index is 0.0299. The Labute approximate surface area is 148 Å². The molecule has 1 amide bonds. The van der Waals surface area contributed by atoms with E-state index >= 15 is 0 Å². The third-order valence-corrected chi connectivity index (χ3v) is 5.00. The number of nitrogens with one attached hydrogen (secondary N) is 1. The smallest absolute Gasteiger partial charge is 0.230 e. The average Bonchev–Trinajstić information content (AvgIpc) is 2.69. The highest BCUT2D eigenvalue weighted by Crippen LogP contribution is 2.35. The van der Waals surface area contributed by atoms with Crippen molar-refractivity contribution in [2.75, 3.05) is 19.8 Å². The number of rotatable bonds is 6. The fourth-order valence-corrected chi connectivity index (χ4v) is 3.46. The van der Waals surface area contributed by atoms with Crippen molar-refractivity contribution in [2.24, 2.45) is 0 Å². The molecule has 2 N–H and O–H groups in total. The van der Waals surface area contributed by atoms with Crippen LogP contribution in [0.3, 0.4) is 0 Å². The summed E-state index contributed by atoms with van der Waals surface area (Å²) in [5.74, 6) is 0.0299. The van der Waals surface area contributed by atoms with E-state index in [1.165, 1.54) is 0 Å². The van der Waals surface area contributed by atoms with Gasteiger partial charge >= 0.3 is 0 Å². The lowest BCUT2D eigenvalue weighted by atomic mass is 9.73. The van der Waals surface area contributed by atoms with Gasteiger partial charge < -0.3 is 15.2 Å². The number of aliphatic hydroxyl groups is 1. The quantitative estimate of drug-likeness (QED) is 0.851. The number of carbonyl (C=O) groups is 1. The third-order valence-electron chi connectivity index (χ3n) is 5.00. The lowest BCUT2D eigenvalue weighted by Gasteiger charge is -2.36. The second-order valence-corrected chi connectivity index (χ2v) is 6.53. The molecule has 4 heteroatoms. The molecule has 0 spiro atoms. The van der Waals surface area contributed by atoms with Crippen molar-refractivity contribution in [3.63, 3.8) is 0 Å². The highest BCUT2D eigenvalue weighted by Gasteiger charge is 2.41. The molecular weight excluding hydrogens is 314 g/mol. The van der Waals surface area contributed by atoms with Crippen LogP contribution in [0.4, 0.5) is 0 Å². The van der Waals surface area contributed by atoms with E-state index in [-0.39, 0.29) is 5.91 Å². The fraction of sp³-hybridized carbons (Fsp3) is 0.381. The lowest BCUT2D eigenvalue weighted by molar-refractivity contribution is -0.130. The molecule has 0 aromatic heterocycles. The molecule has 0 radical (unpaired) electrons. The van der Waals surface area contributed by atoms with Gasteiger partial charge in [0.2, 0.25) is 5.91 Å². The van der Waals surface area contributed by atoms with Crippen LogP contribution in [0, 0.1) is 0 Å². The van der Waals surface area contributed by atoms with Gasteiger partial charge in [0.15, 0.2) is 0 Å². The largest absolute Gasteiger partial charge is 0.388 e. The Morgan fingerprint density at radius 3 is 2.28 bits per heavy atom. The van der Waals surface area contributed by atoms with Crippen LogP contribution in [0.1, 0.15) is 36.5 Å². The van der Waals surface area contributed by atoms with Gasteiger partial charge in [-0.25, -0.2) is 0 Å². The van der Waals surface area contributed by atoms with Crippen molar-refractivity contribution in [1.29, 1.82) is 0 Å². The van der Waals surface area contributed by atoms with Crippen molar-refractivity contribution in [3.05, 3.63) is 71.8 Å². The van der Waals surface area contributed by atoms with E-state index in [1.807, 2.05) is 60.7 Å². The maximum Gasteiger partial charge on any atom is 0.230 e. The predicted molar refractivity (Wildman–Crippen MR) is 97.2 cm³/mol. The van der Waals surface area contributed by atoms with Crippen molar-refractivity contribution >= 4 is 5.91 Å². The molecule has 1 aliphatic rings. The van der Waals surface area contributed by atoms with Gasteiger partial charge in [-0.05, 0) is 30.4 Å².